The van der Waals surface area contributed by atoms with E-state index in [1.165, 1.54) is 4.91 Å². The molecular weight excluding hydrogens is 176 g/mol. The first-order valence-corrected chi connectivity index (χ1v) is 4.71. The van der Waals surface area contributed by atoms with E-state index in [1.54, 1.807) is 11.9 Å². The zero-order valence-electron chi connectivity index (χ0n) is 6.46. The molecule has 1 atom stereocenters. The Morgan fingerprint density at radius 2 is 2.50 bits per heavy atom. The number of carboxylic acid groups (broad SMARTS) is 1. The average Bonchev–Trinajstić information content (AvgIpc) is 2.49. The Balaban J connectivity index is 2.09. The summed E-state index contributed by atoms with van der Waals surface area (Å²) in [4.78, 5) is 14.9. The minimum absolute atomic E-state index is 0.197. The van der Waals surface area contributed by atoms with Crippen LogP contribution in [0, 0.1) is 5.92 Å². The van der Waals surface area contributed by atoms with Gasteiger partial charge in [-0.15, -0.1) is 0 Å². The minimum atomic E-state index is -0.680. The molecule has 2 rings (SSSR count). The van der Waals surface area contributed by atoms with Crippen LogP contribution in [0.4, 0.5) is 0 Å². The van der Waals surface area contributed by atoms with E-state index < -0.39 is 5.97 Å². The standard InChI is InChI=1S/C7H10N2O2S/c10-7(11)4-1-2-6-5(3-4)8-9-12-6/h4,8-9H,1-3H2,(H,10,11). The van der Waals surface area contributed by atoms with E-state index in [9.17, 15) is 4.79 Å². The lowest BCUT2D eigenvalue weighted by Gasteiger charge is -2.18. The first-order chi connectivity index (χ1) is 5.77. The van der Waals surface area contributed by atoms with Crippen molar-refractivity contribution >= 4 is 17.9 Å². The Labute approximate surface area is 74.5 Å². The molecule has 0 spiro atoms. The highest BCUT2D eigenvalue weighted by Gasteiger charge is 2.28. The second-order valence-electron chi connectivity index (χ2n) is 3.01. The van der Waals surface area contributed by atoms with Gasteiger partial charge in [0.2, 0.25) is 0 Å². The summed E-state index contributed by atoms with van der Waals surface area (Å²) in [6.07, 6.45) is 2.30. The first-order valence-electron chi connectivity index (χ1n) is 3.90. The summed E-state index contributed by atoms with van der Waals surface area (Å²) in [6.45, 7) is 0. The molecular formula is C7H10N2O2S. The first kappa shape index (κ1) is 7.94. The van der Waals surface area contributed by atoms with Crippen molar-refractivity contribution in [3.63, 3.8) is 0 Å². The molecule has 0 aromatic heterocycles. The number of allylic oxidation sites excluding steroid dienone is 2. The van der Waals surface area contributed by atoms with E-state index in [4.69, 9.17) is 5.11 Å². The van der Waals surface area contributed by atoms with Gasteiger partial charge in [-0.25, -0.2) is 0 Å². The molecule has 0 aromatic rings. The molecule has 66 valence electrons. The fourth-order valence-corrected chi connectivity index (χ4v) is 2.29. The van der Waals surface area contributed by atoms with Gasteiger partial charge in [0.15, 0.2) is 0 Å². The van der Waals surface area contributed by atoms with E-state index in [-0.39, 0.29) is 5.92 Å². The van der Waals surface area contributed by atoms with Crippen molar-refractivity contribution in [2.24, 2.45) is 5.92 Å². The monoisotopic (exact) mass is 186 g/mol. The van der Waals surface area contributed by atoms with Gasteiger partial charge in [-0.1, -0.05) is 0 Å². The lowest BCUT2D eigenvalue weighted by molar-refractivity contribution is -0.142. The minimum Gasteiger partial charge on any atom is -0.481 e. The smallest absolute Gasteiger partial charge is 0.306 e. The van der Waals surface area contributed by atoms with Gasteiger partial charge in [0, 0.05) is 17.0 Å². The van der Waals surface area contributed by atoms with E-state index >= 15 is 0 Å². The molecule has 0 aromatic carbocycles. The quantitative estimate of drug-likeness (QED) is 0.530. The summed E-state index contributed by atoms with van der Waals surface area (Å²) < 4.78 is 0. The van der Waals surface area contributed by atoms with Gasteiger partial charge in [0.25, 0.3) is 0 Å². The van der Waals surface area contributed by atoms with Crippen molar-refractivity contribution in [1.82, 2.24) is 10.3 Å². The van der Waals surface area contributed by atoms with Crippen molar-refractivity contribution in [2.75, 3.05) is 0 Å². The van der Waals surface area contributed by atoms with Gasteiger partial charge in [-0.2, -0.15) is 4.83 Å². The largest absolute Gasteiger partial charge is 0.481 e. The molecule has 3 N–H and O–H groups in total. The summed E-state index contributed by atoms with van der Waals surface area (Å²) in [5.74, 6) is -0.878. The number of nitrogens with one attached hydrogen (secondary N) is 2. The van der Waals surface area contributed by atoms with Gasteiger partial charge in [-0.05, 0) is 24.8 Å². The van der Waals surface area contributed by atoms with Crippen LogP contribution in [0.2, 0.25) is 0 Å². The van der Waals surface area contributed by atoms with Crippen LogP contribution in [0.25, 0.3) is 0 Å². The highest BCUT2D eigenvalue weighted by Crippen LogP contribution is 2.35. The third-order valence-corrected chi connectivity index (χ3v) is 3.13. The number of aliphatic carboxylic acids is 1. The molecule has 1 unspecified atom stereocenters. The van der Waals surface area contributed by atoms with Gasteiger partial charge in [-0.3, -0.25) is 4.79 Å². The van der Waals surface area contributed by atoms with Crippen molar-refractivity contribution in [3.8, 4) is 0 Å². The molecule has 1 heterocycles. The second kappa shape index (κ2) is 2.99. The normalized spacial score (nSPS) is 28.2. The van der Waals surface area contributed by atoms with Crippen molar-refractivity contribution in [1.29, 1.82) is 0 Å². The van der Waals surface area contributed by atoms with E-state index in [2.05, 4.69) is 10.3 Å². The Hall–Kier alpha value is -0.680. The fourth-order valence-electron chi connectivity index (χ4n) is 1.51. The summed E-state index contributed by atoms with van der Waals surface area (Å²) in [7, 11) is 0. The van der Waals surface area contributed by atoms with Gasteiger partial charge in [0.1, 0.15) is 0 Å². The van der Waals surface area contributed by atoms with E-state index in [1.807, 2.05) is 0 Å². The van der Waals surface area contributed by atoms with Gasteiger partial charge >= 0.3 is 5.97 Å². The summed E-state index contributed by atoms with van der Waals surface area (Å²) in [5, 5.41) is 8.78. The molecule has 0 saturated carbocycles. The molecule has 0 bridgehead atoms. The fraction of sp³-hybridized carbons (Fsp3) is 0.571. The zero-order chi connectivity index (χ0) is 8.55. The maximum atomic E-state index is 10.7. The van der Waals surface area contributed by atoms with Crippen LogP contribution < -0.4 is 10.3 Å². The van der Waals surface area contributed by atoms with Crippen molar-refractivity contribution in [2.45, 2.75) is 19.3 Å². The Bertz CT molecular complexity index is 252. The van der Waals surface area contributed by atoms with E-state index in [0.717, 1.165) is 18.5 Å². The van der Waals surface area contributed by atoms with Crippen LogP contribution in [0.3, 0.4) is 0 Å². The zero-order valence-corrected chi connectivity index (χ0v) is 7.28. The molecule has 2 aliphatic rings. The van der Waals surface area contributed by atoms with Crippen LogP contribution in [0.1, 0.15) is 19.3 Å². The van der Waals surface area contributed by atoms with Crippen LogP contribution in [-0.4, -0.2) is 11.1 Å². The summed E-state index contributed by atoms with van der Waals surface area (Å²) in [6, 6.07) is 0. The van der Waals surface area contributed by atoms with Crippen LogP contribution >= 0.6 is 11.9 Å². The van der Waals surface area contributed by atoms with Crippen molar-refractivity contribution < 1.29 is 9.90 Å². The van der Waals surface area contributed by atoms with Crippen LogP contribution in [0.15, 0.2) is 10.6 Å². The Morgan fingerprint density at radius 3 is 3.25 bits per heavy atom. The summed E-state index contributed by atoms with van der Waals surface area (Å²) >= 11 is 1.57. The third kappa shape index (κ3) is 1.30. The lowest BCUT2D eigenvalue weighted by atomic mass is 9.92. The van der Waals surface area contributed by atoms with Gasteiger partial charge in [0.05, 0.1) is 5.92 Å². The Morgan fingerprint density at radius 1 is 1.67 bits per heavy atom. The lowest BCUT2D eigenvalue weighted by Crippen LogP contribution is -2.24. The van der Waals surface area contributed by atoms with Crippen LogP contribution in [0.5, 0.6) is 0 Å². The second-order valence-corrected chi connectivity index (χ2v) is 3.91. The number of hydrazine groups is 1. The van der Waals surface area contributed by atoms with E-state index in [0.29, 0.717) is 6.42 Å². The Kier molecular flexibility index (Phi) is 1.98. The molecule has 5 heteroatoms. The number of carboxylic acids is 1. The highest BCUT2D eigenvalue weighted by atomic mass is 32.2. The molecule has 0 radical (unpaired) electrons. The number of hydrogen-bond acceptors (Lipinski definition) is 4. The number of carbonyl (C=O) groups is 1. The predicted octanol–water partition coefficient (Wildman–Crippen LogP) is 0.839. The molecule has 1 aliphatic carbocycles. The molecule has 0 amide bonds. The molecule has 4 nitrogen and oxygen atoms in total. The third-order valence-electron chi connectivity index (χ3n) is 2.23. The number of rotatable bonds is 1. The summed E-state index contributed by atoms with van der Waals surface area (Å²) in [5.41, 5.74) is 4.04. The van der Waals surface area contributed by atoms with Gasteiger partial charge < -0.3 is 10.5 Å². The average molecular weight is 186 g/mol. The predicted molar refractivity (Wildman–Crippen MR) is 45.9 cm³/mol. The molecule has 1 aliphatic heterocycles. The SMILES string of the molecule is O=C(O)C1CCC2=C(C1)NNS2. The maximum Gasteiger partial charge on any atom is 0.306 e. The molecule has 12 heavy (non-hydrogen) atoms. The number of hydrogen-bond donors (Lipinski definition) is 3. The van der Waals surface area contributed by atoms with Crippen molar-refractivity contribution in [3.05, 3.63) is 10.6 Å². The molecule has 0 saturated heterocycles. The molecule has 0 fully saturated rings. The van der Waals surface area contributed by atoms with Crippen LogP contribution in [-0.2, 0) is 4.79 Å². The maximum absolute atomic E-state index is 10.7. The topological polar surface area (TPSA) is 61.4 Å². The highest BCUT2D eigenvalue weighted by molar-refractivity contribution is 8.01.